The smallest absolute Gasteiger partial charge is 0.147 e. The SMILES string of the molecule is CC(C)(C)c1ccnc(-n2c3ccccc3c3cc(C#N)c(Oc4cc5c(cc4C#N)c4ccccc4n5-c4cc(C(C)(C)C)ccn4)cc32)c1. The summed E-state index contributed by atoms with van der Waals surface area (Å²) in [4.78, 5) is 9.60. The molecule has 4 aromatic carbocycles. The summed E-state index contributed by atoms with van der Waals surface area (Å²) in [7, 11) is 0. The first-order chi connectivity index (χ1) is 24.5. The lowest BCUT2D eigenvalue weighted by Crippen LogP contribution is -2.12. The molecule has 0 radical (unpaired) electrons. The van der Waals surface area contributed by atoms with Gasteiger partial charge in [-0.15, -0.1) is 0 Å². The molecule has 0 aliphatic heterocycles. The summed E-state index contributed by atoms with van der Waals surface area (Å²) in [5, 5.41) is 24.7. The second-order valence-corrected chi connectivity index (χ2v) is 15.1. The Bertz CT molecular complexity index is 2580. The number of benzene rings is 4. The number of nitriles is 2. The van der Waals surface area contributed by atoms with Crippen LogP contribution in [0.4, 0.5) is 0 Å². The highest BCUT2D eigenvalue weighted by Crippen LogP contribution is 2.41. The van der Waals surface area contributed by atoms with E-state index in [9.17, 15) is 10.5 Å². The molecule has 0 unspecified atom stereocenters. The summed E-state index contributed by atoms with van der Waals surface area (Å²) in [6, 6.07) is 36.9. The lowest BCUT2D eigenvalue weighted by atomic mass is 9.88. The summed E-state index contributed by atoms with van der Waals surface area (Å²) in [5.41, 5.74) is 6.55. The summed E-state index contributed by atoms with van der Waals surface area (Å²) in [5.74, 6) is 2.26. The van der Waals surface area contributed by atoms with Crippen LogP contribution >= 0.6 is 0 Å². The summed E-state index contributed by atoms with van der Waals surface area (Å²) >= 11 is 0. The van der Waals surface area contributed by atoms with Gasteiger partial charge in [0.1, 0.15) is 35.3 Å². The van der Waals surface area contributed by atoms with Crippen molar-refractivity contribution in [3.63, 3.8) is 0 Å². The van der Waals surface area contributed by atoms with Gasteiger partial charge in [0, 0.05) is 46.1 Å². The van der Waals surface area contributed by atoms with E-state index in [4.69, 9.17) is 14.7 Å². The average Bonchev–Trinajstić information content (AvgIpc) is 3.62. The van der Waals surface area contributed by atoms with Crippen molar-refractivity contribution in [3.8, 4) is 35.3 Å². The van der Waals surface area contributed by atoms with Gasteiger partial charge in [0.05, 0.1) is 33.2 Å². The Morgan fingerprint density at radius 3 is 1.31 bits per heavy atom. The molecule has 4 heterocycles. The quantitative estimate of drug-likeness (QED) is 0.187. The average molecular weight is 665 g/mol. The van der Waals surface area contributed by atoms with Gasteiger partial charge in [0.25, 0.3) is 0 Å². The van der Waals surface area contributed by atoms with E-state index in [1.54, 1.807) is 0 Å². The molecule has 0 aliphatic carbocycles. The third-order valence-electron chi connectivity index (χ3n) is 9.69. The molecule has 0 bridgehead atoms. The van der Waals surface area contributed by atoms with E-state index in [1.807, 2.05) is 73.1 Å². The highest BCUT2D eigenvalue weighted by molar-refractivity contribution is 6.11. The van der Waals surface area contributed by atoms with Gasteiger partial charge in [0.2, 0.25) is 0 Å². The Morgan fingerprint density at radius 1 is 0.510 bits per heavy atom. The standard InChI is InChI=1S/C44H36N6O/c1-43(2,3)29-15-17-47-41(21-29)49-35-13-9-7-11-31(35)33-19-27(25-45)39(23-37(33)49)51-40-24-38-34(20-28(40)26-46)32-12-8-10-14-36(32)50(38)42-22-30(16-18-48-42)44(4,5)6/h7-24H,1-6H3. The van der Waals surface area contributed by atoms with Crippen molar-refractivity contribution in [2.75, 3.05) is 0 Å². The molecule has 7 heteroatoms. The zero-order valence-electron chi connectivity index (χ0n) is 29.5. The number of pyridine rings is 2. The van der Waals surface area contributed by atoms with Crippen LogP contribution in [0.3, 0.4) is 0 Å². The molecule has 0 saturated heterocycles. The number of ether oxygens (including phenoxy) is 1. The van der Waals surface area contributed by atoms with Crippen LogP contribution in [0.1, 0.15) is 63.8 Å². The van der Waals surface area contributed by atoms with Crippen molar-refractivity contribution >= 4 is 43.6 Å². The Labute approximate surface area is 296 Å². The Balaban J connectivity index is 1.36. The van der Waals surface area contributed by atoms with Crippen LogP contribution in [0.2, 0.25) is 0 Å². The molecule has 0 saturated carbocycles. The first kappa shape index (κ1) is 31.8. The van der Waals surface area contributed by atoms with Crippen LogP contribution in [-0.2, 0) is 10.8 Å². The van der Waals surface area contributed by atoms with Crippen molar-refractivity contribution < 1.29 is 4.74 Å². The van der Waals surface area contributed by atoms with Crippen LogP contribution in [0, 0.1) is 22.7 Å². The van der Waals surface area contributed by atoms with E-state index in [1.165, 1.54) is 0 Å². The maximum absolute atomic E-state index is 10.4. The van der Waals surface area contributed by atoms with E-state index >= 15 is 0 Å². The topological polar surface area (TPSA) is 92.5 Å². The number of hydrogen-bond donors (Lipinski definition) is 0. The van der Waals surface area contributed by atoms with E-state index in [2.05, 4.69) is 99.2 Å². The normalized spacial score (nSPS) is 12.1. The summed E-state index contributed by atoms with van der Waals surface area (Å²) in [6.45, 7) is 13.1. The number of fused-ring (bicyclic) bond motifs is 6. The molecule has 0 aliphatic rings. The third-order valence-corrected chi connectivity index (χ3v) is 9.69. The first-order valence-electron chi connectivity index (χ1n) is 17.0. The van der Waals surface area contributed by atoms with Gasteiger partial charge in [-0.2, -0.15) is 10.5 Å². The number of rotatable bonds is 4. The number of nitrogens with zero attached hydrogens (tertiary/aromatic N) is 6. The zero-order chi connectivity index (χ0) is 35.7. The van der Waals surface area contributed by atoms with Crippen LogP contribution in [0.5, 0.6) is 11.5 Å². The highest BCUT2D eigenvalue weighted by atomic mass is 16.5. The van der Waals surface area contributed by atoms with Crippen molar-refractivity contribution in [2.45, 2.75) is 52.4 Å². The molecule has 8 aromatic rings. The van der Waals surface area contributed by atoms with E-state index in [0.29, 0.717) is 22.6 Å². The zero-order valence-corrected chi connectivity index (χ0v) is 29.5. The molecule has 4 aromatic heterocycles. The van der Waals surface area contributed by atoms with Crippen LogP contribution in [0.15, 0.2) is 109 Å². The second kappa shape index (κ2) is 11.6. The molecule has 51 heavy (non-hydrogen) atoms. The van der Waals surface area contributed by atoms with Crippen molar-refractivity contribution in [1.82, 2.24) is 19.1 Å². The van der Waals surface area contributed by atoms with Gasteiger partial charge in [-0.1, -0.05) is 77.9 Å². The number of aromatic nitrogens is 4. The molecule has 0 spiro atoms. The number of hydrogen-bond acceptors (Lipinski definition) is 5. The predicted molar refractivity (Wildman–Crippen MR) is 204 cm³/mol. The molecule has 0 N–H and O–H groups in total. The summed E-state index contributed by atoms with van der Waals surface area (Å²) in [6.07, 6.45) is 3.69. The minimum Gasteiger partial charge on any atom is -0.454 e. The monoisotopic (exact) mass is 664 g/mol. The van der Waals surface area contributed by atoms with Gasteiger partial charge in [-0.25, -0.2) is 9.97 Å². The molecule has 0 amide bonds. The molecule has 0 fully saturated rings. The minimum atomic E-state index is -0.0723. The lowest BCUT2D eigenvalue weighted by Gasteiger charge is -2.20. The largest absolute Gasteiger partial charge is 0.454 e. The van der Waals surface area contributed by atoms with E-state index < -0.39 is 0 Å². The van der Waals surface area contributed by atoms with Gasteiger partial charge in [-0.3, -0.25) is 9.13 Å². The van der Waals surface area contributed by atoms with Gasteiger partial charge in [0.15, 0.2) is 0 Å². The van der Waals surface area contributed by atoms with Gasteiger partial charge in [-0.05, 0) is 70.5 Å². The molecule has 0 atom stereocenters. The molecular formula is C44H36N6O. The third kappa shape index (κ3) is 5.26. The fraction of sp³-hybridized carbons (Fsp3) is 0.182. The predicted octanol–water partition coefficient (Wildman–Crippen LogP) is 10.8. The molecule has 248 valence electrons. The van der Waals surface area contributed by atoms with Crippen LogP contribution in [-0.4, -0.2) is 19.1 Å². The van der Waals surface area contributed by atoms with Gasteiger partial charge >= 0.3 is 0 Å². The molecule has 8 rings (SSSR count). The summed E-state index contributed by atoms with van der Waals surface area (Å²) < 4.78 is 10.9. The lowest BCUT2D eigenvalue weighted by molar-refractivity contribution is 0.481. The van der Waals surface area contributed by atoms with Crippen molar-refractivity contribution in [2.24, 2.45) is 0 Å². The fourth-order valence-corrected chi connectivity index (χ4v) is 6.96. The van der Waals surface area contributed by atoms with Crippen LogP contribution < -0.4 is 4.74 Å². The number of para-hydroxylation sites is 2. The molecular weight excluding hydrogens is 629 g/mol. The van der Waals surface area contributed by atoms with E-state index in [-0.39, 0.29) is 10.8 Å². The maximum atomic E-state index is 10.4. The van der Waals surface area contributed by atoms with Crippen LogP contribution in [0.25, 0.3) is 55.2 Å². The second-order valence-electron chi connectivity index (χ2n) is 15.1. The minimum absolute atomic E-state index is 0.0723. The molecule has 7 nitrogen and oxygen atoms in total. The van der Waals surface area contributed by atoms with Crippen molar-refractivity contribution in [1.29, 1.82) is 10.5 Å². The van der Waals surface area contributed by atoms with Gasteiger partial charge < -0.3 is 4.74 Å². The Hall–Kier alpha value is -6.44. The Morgan fingerprint density at radius 2 is 0.922 bits per heavy atom. The van der Waals surface area contributed by atoms with E-state index in [0.717, 1.165) is 66.4 Å². The highest BCUT2D eigenvalue weighted by Gasteiger charge is 2.23. The van der Waals surface area contributed by atoms with Crippen molar-refractivity contribution in [3.05, 3.63) is 132 Å². The maximum Gasteiger partial charge on any atom is 0.147 e. The first-order valence-corrected chi connectivity index (χ1v) is 17.0. The fourth-order valence-electron chi connectivity index (χ4n) is 6.96. The Kier molecular flexibility index (Phi) is 7.22.